The van der Waals surface area contributed by atoms with E-state index in [1.807, 2.05) is 26.2 Å². The molecule has 3 nitrogen and oxygen atoms in total. The molecule has 1 aliphatic rings. The Morgan fingerprint density at radius 3 is 2.14 bits per heavy atom. The van der Waals surface area contributed by atoms with Gasteiger partial charge in [-0.3, -0.25) is 9.78 Å². The number of likely N-dealkylation sites (tertiary alicyclic amines) is 1. The van der Waals surface area contributed by atoms with Crippen molar-refractivity contribution in [3.63, 3.8) is 0 Å². The molecule has 0 radical (unpaired) electrons. The normalized spacial score (nSPS) is 17.5. The number of pyridine rings is 1. The minimum absolute atomic E-state index is 0. The van der Waals surface area contributed by atoms with Gasteiger partial charge >= 0.3 is 0 Å². The summed E-state index contributed by atoms with van der Waals surface area (Å²) in [4.78, 5) is 18.9. The molecule has 1 aromatic heterocycles. The van der Waals surface area contributed by atoms with E-state index in [0.29, 0.717) is 29.7 Å². The highest BCUT2D eigenvalue weighted by molar-refractivity contribution is 5.78. The SMILES string of the molecule is C.CC.CCC(C)(C)C(c1ccncc1)C(C)C(CC(C)C)N1CCCC1=O. The number of rotatable bonds is 8. The molecule has 0 bridgehead atoms. The van der Waals surface area contributed by atoms with Crippen LogP contribution in [0, 0.1) is 17.3 Å². The summed E-state index contributed by atoms with van der Waals surface area (Å²) >= 11 is 0. The maximum Gasteiger partial charge on any atom is 0.222 e. The number of hydrogen-bond donors (Lipinski definition) is 0. The van der Waals surface area contributed by atoms with E-state index in [-0.39, 0.29) is 12.8 Å². The molecular weight excluding hydrogens is 344 g/mol. The van der Waals surface area contributed by atoms with Crippen molar-refractivity contribution in [2.24, 2.45) is 17.3 Å². The van der Waals surface area contributed by atoms with Crippen molar-refractivity contribution in [2.75, 3.05) is 6.54 Å². The predicted octanol–water partition coefficient (Wildman–Crippen LogP) is 6.94. The van der Waals surface area contributed by atoms with Gasteiger partial charge in [0.2, 0.25) is 5.91 Å². The maximum atomic E-state index is 12.5. The first-order chi connectivity index (χ1) is 12.8. The van der Waals surface area contributed by atoms with Crippen LogP contribution in [0.2, 0.25) is 0 Å². The van der Waals surface area contributed by atoms with Crippen LogP contribution >= 0.6 is 0 Å². The van der Waals surface area contributed by atoms with Crippen LogP contribution in [0.1, 0.15) is 100.0 Å². The summed E-state index contributed by atoms with van der Waals surface area (Å²) in [6, 6.07) is 4.65. The van der Waals surface area contributed by atoms with Crippen LogP contribution in [0.4, 0.5) is 0 Å². The molecule has 2 rings (SSSR count). The molecule has 1 amide bonds. The molecule has 162 valence electrons. The Hall–Kier alpha value is -1.38. The van der Waals surface area contributed by atoms with Gasteiger partial charge in [-0.05, 0) is 53.7 Å². The number of carbonyl (C=O) groups is 1. The summed E-state index contributed by atoms with van der Waals surface area (Å²) < 4.78 is 0. The lowest BCUT2D eigenvalue weighted by Gasteiger charge is -2.44. The average Bonchev–Trinajstić information content (AvgIpc) is 3.07. The van der Waals surface area contributed by atoms with E-state index in [4.69, 9.17) is 0 Å². The zero-order valence-corrected chi connectivity index (χ0v) is 19.0. The molecule has 3 heteroatoms. The minimum Gasteiger partial charge on any atom is -0.339 e. The first kappa shape index (κ1) is 26.6. The minimum atomic E-state index is 0. The van der Waals surface area contributed by atoms with Crippen LogP contribution < -0.4 is 0 Å². The molecule has 0 N–H and O–H groups in total. The van der Waals surface area contributed by atoms with Gasteiger partial charge in [0.1, 0.15) is 0 Å². The Kier molecular flexibility index (Phi) is 11.6. The standard InChI is InChI=1S/C22H36N2O.C2H6.CH4/c1-7-22(5,6)21(18-10-12-23-13-11-18)17(4)19(15-16(2)3)24-14-8-9-20(24)25;1-2;/h10-13,16-17,19,21H,7-9,14-15H2,1-6H3;1-2H3;1H4. The Balaban J connectivity index is 0.00000235. The van der Waals surface area contributed by atoms with Crippen LogP contribution in [0.3, 0.4) is 0 Å². The van der Waals surface area contributed by atoms with Crippen molar-refractivity contribution in [1.29, 1.82) is 0 Å². The third-order valence-electron chi connectivity index (χ3n) is 6.17. The molecule has 1 aliphatic heterocycles. The lowest BCUT2D eigenvalue weighted by Crippen LogP contribution is -2.45. The smallest absolute Gasteiger partial charge is 0.222 e. The second-order valence-corrected chi connectivity index (χ2v) is 8.85. The van der Waals surface area contributed by atoms with Gasteiger partial charge in [-0.25, -0.2) is 0 Å². The van der Waals surface area contributed by atoms with Gasteiger partial charge in [-0.2, -0.15) is 0 Å². The summed E-state index contributed by atoms with van der Waals surface area (Å²) in [5, 5.41) is 0. The second kappa shape index (κ2) is 12.2. The Labute approximate surface area is 175 Å². The molecule has 0 aromatic carbocycles. The van der Waals surface area contributed by atoms with Gasteiger partial charge in [0.05, 0.1) is 0 Å². The van der Waals surface area contributed by atoms with Crippen molar-refractivity contribution in [3.05, 3.63) is 30.1 Å². The molecule has 1 fully saturated rings. The van der Waals surface area contributed by atoms with Crippen molar-refractivity contribution in [2.45, 2.75) is 100 Å². The first-order valence-electron chi connectivity index (χ1n) is 11.0. The van der Waals surface area contributed by atoms with E-state index < -0.39 is 0 Å². The van der Waals surface area contributed by atoms with E-state index in [0.717, 1.165) is 32.2 Å². The fourth-order valence-corrected chi connectivity index (χ4v) is 4.61. The third kappa shape index (κ3) is 6.60. The van der Waals surface area contributed by atoms with E-state index in [1.165, 1.54) is 5.56 Å². The van der Waals surface area contributed by atoms with Gasteiger partial charge < -0.3 is 4.90 Å². The number of nitrogens with zero attached hydrogens (tertiary/aromatic N) is 2. The predicted molar refractivity (Wildman–Crippen MR) is 122 cm³/mol. The molecule has 1 saturated heterocycles. The topological polar surface area (TPSA) is 33.2 Å². The molecular formula is C25H46N2O. The van der Waals surface area contributed by atoms with E-state index in [1.54, 1.807) is 0 Å². The average molecular weight is 391 g/mol. The van der Waals surface area contributed by atoms with Crippen molar-refractivity contribution in [3.8, 4) is 0 Å². The summed E-state index contributed by atoms with van der Waals surface area (Å²) in [5.74, 6) is 1.77. The molecule has 28 heavy (non-hydrogen) atoms. The Bertz CT molecular complexity index is 553. The van der Waals surface area contributed by atoms with Gasteiger partial charge in [0, 0.05) is 31.4 Å². The number of amides is 1. The van der Waals surface area contributed by atoms with Crippen LogP contribution in [0.15, 0.2) is 24.5 Å². The van der Waals surface area contributed by atoms with Crippen molar-refractivity contribution >= 4 is 5.91 Å². The molecule has 2 heterocycles. The number of aromatic nitrogens is 1. The monoisotopic (exact) mass is 390 g/mol. The van der Waals surface area contributed by atoms with Crippen LogP contribution in [0.5, 0.6) is 0 Å². The lowest BCUT2D eigenvalue weighted by atomic mass is 9.65. The Morgan fingerprint density at radius 2 is 1.71 bits per heavy atom. The van der Waals surface area contributed by atoms with Crippen molar-refractivity contribution < 1.29 is 4.79 Å². The van der Waals surface area contributed by atoms with Crippen molar-refractivity contribution in [1.82, 2.24) is 9.88 Å². The molecule has 0 aliphatic carbocycles. The van der Waals surface area contributed by atoms with Gasteiger partial charge in [-0.15, -0.1) is 0 Å². The van der Waals surface area contributed by atoms with Gasteiger partial charge in [0.25, 0.3) is 0 Å². The molecule has 0 spiro atoms. The van der Waals surface area contributed by atoms with E-state index >= 15 is 0 Å². The van der Waals surface area contributed by atoms with E-state index in [2.05, 4.69) is 63.6 Å². The zero-order chi connectivity index (χ0) is 20.6. The van der Waals surface area contributed by atoms with E-state index in [9.17, 15) is 4.79 Å². The fourth-order valence-electron chi connectivity index (χ4n) is 4.61. The van der Waals surface area contributed by atoms with Crippen LogP contribution in [-0.2, 0) is 4.79 Å². The molecule has 1 aromatic rings. The van der Waals surface area contributed by atoms with Gasteiger partial charge in [-0.1, -0.05) is 69.2 Å². The molecule has 0 saturated carbocycles. The summed E-state index contributed by atoms with van der Waals surface area (Å²) in [5.41, 5.74) is 1.54. The highest BCUT2D eigenvalue weighted by Crippen LogP contribution is 2.46. The summed E-state index contributed by atoms with van der Waals surface area (Å²) in [6.07, 6.45) is 7.73. The zero-order valence-electron chi connectivity index (χ0n) is 19.0. The Morgan fingerprint density at radius 1 is 1.14 bits per heavy atom. The van der Waals surface area contributed by atoms with Crippen LogP contribution in [0.25, 0.3) is 0 Å². The van der Waals surface area contributed by atoms with Gasteiger partial charge in [0.15, 0.2) is 0 Å². The molecule has 3 atom stereocenters. The quantitative estimate of drug-likeness (QED) is 0.482. The highest BCUT2D eigenvalue weighted by Gasteiger charge is 2.41. The van der Waals surface area contributed by atoms with Crippen LogP contribution in [-0.4, -0.2) is 28.4 Å². The second-order valence-electron chi connectivity index (χ2n) is 8.85. The fraction of sp³-hybridized carbons (Fsp3) is 0.760. The lowest BCUT2D eigenvalue weighted by molar-refractivity contribution is -0.131. The summed E-state index contributed by atoms with van der Waals surface area (Å²) in [6.45, 7) is 18.8. The first-order valence-corrected chi connectivity index (χ1v) is 11.0. The third-order valence-corrected chi connectivity index (χ3v) is 6.17. The molecule has 3 unspecified atom stereocenters. The maximum absolute atomic E-state index is 12.5. The number of carbonyl (C=O) groups excluding carboxylic acids is 1. The number of hydrogen-bond acceptors (Lipinski definition) is 2. The largest absolute Gasteiger partial charge is 0.339 e. The highest BCUT2D eigenvalue weighted by atomic mass is 16.2. The summed E-state index contributed by atoms with van der Waals surface area (Å²) in [7, 11) is 0.